The fourth-order valence-electron chi connectivity index (χ4n) is 4.04. The normalized spacial score (nSPS) is 21.0. The summed E-state index contributed by atoms with van der Waals surface area (Å²) in [4.78, 5) is 7.04. The first-order valence-electron chi connectivity index (χ1n) is 9.57. The van der Waals surface area contributed by atoms with Crippen LogP contribution in [0.15, 0.2) is 23.5 Å². The molecule has 1 aliphatic carbocycles. The van der Waals surface area contributed by atoms with E-state index in [0.29, 0.717) is 0 Å². The third kappa shape index (κ3) is 5.82. The fraction of sp³-hybridized carbons (Fsp3) is 0.778. The molecular weight excluding hydrogens is 443 g/mol. The molecule has 2 N–H and O–H groups in total. The molecule has 0 amide bonds. The molecular formula is C18H33IN6O. The van der Waals surface area contributed by atoms with E-state index in [1.54, 1.807) is 0 Å². The highest BCUT2D eigenvalue weighted by Crippen LogP contribution is 2.33. The fourth-order valence-corrected chi connectivity index (χ4v) is 4.04. The van der Waals surface area contributed by atoms with Crippen molar-refractivity contribution in [2.45, 2.75) is 44.2 Å². The van der Waals surface area contributed by atoms with Gasteiger partial charge in [-0.2, -0.15) is 5.10 Å². The molecule has 0 bridgehead atoms. The van der Waals surface area contributed by atoms with Crippen molar-refractivity contribution < 1.29 is 4.74 Å². The maximum absolute atomic E-state index is 5.56. The van der Waals surface area contributed by atoms with Crippen molar-refractivity contribution in [1.82, 2.24) is 25.3 Å². The van der Waals surface area contributed by atoms with Gasteiger partial charge in [-0.3, -0.25) is 14.6 Å². The van der Waals surface area contributed by atoms with Gasteiger partial charge in [0, 0.05) is 51.2 Å². The molecule has 0 unspecified atom stereocenters. The van der Waals surface area contributed by atoms with Gasteiger partial charge in [0.15, 0.2) is 5.96 Å². The maximum Gasteiger partial charge on any atom is 0.191 e. The van der Waals surface area contributed by atoms with E-state index >= 15 is 0 Å². The maximum atomic E-state index is 5.56. The predicted molar refractivity (Wildman–Crippen MR) is 115 cm³/mol. The topological polar surface area (TPSA) is 66.7 Å². The lowest BCUT2D eigenvalue weighted by Crippen LogP contribution is -2.60. The van der Waals surface area contributed by atoms with Crippen molar-refractivity contribution in [2.75, 3.05) is 46.4 Å². The van der Waals surface area contributed by atoms with E-state index in [0.717, 1.165) is 51.9 Å². The van der Waals surface area contributed by atoms with E-state index in [-0.39, 0.29) is 29.5 Å². The lowest BCUT2D eigenvalue weighted by Gasteiger charge is -2.48. The Morgan fingerprint density at radius 2 is 1.96 bits per heavy atom. The van der Waals surface area contributed by atoms with Crippen LogP contribution >= 0.6 is 24.0 Å². The first-order valence-corrected chi connectivity index (χ1v) is 9.57. The zero-order valence-electron chi connectivity index (χ0n) is 15.8. The van der Waals surface area contributed by atoms with E-state index in [4.69, 9.17) is 4.74 Å². The number of hydrogen-bond acceptors (Lipinski definition) is 4. The minimum Gasteiger partial charge on any atom is -0.379 e. The zero-order valence-corrected chi connectivity index (χ0v) is 18.2. The third-order valence-electron chi connectivity index (χ3n) is 5.47. The average molecular weight is 476 g/mol. The first-order chi connectivity index (χ1) is 12.3. The molecule has 2 aliphatic rings. The van der Waals surface area contributed by atoms with Gasteiger partial charge in [0.2, 0.25) is 0 Å². The van der Waals surface area contributed by atoms with Crippen LogP contribution in [-0.4, -0.2) is 72.6 Å². The van der Waals surface area contributed by atoms with E-state index in [1.165, 1.54) is 32.1 Å². The standard InChI is InChI=1S/C18H32N6O.HI/c1-19-17(20-9-11-24-10-5-8-22-24)21-16-18(6-3-2-4-7-18)23-12-14-25-15-13-23;/h5,8,10H,2-4,6-7,9,11-16H2,1H3,(H2,19,20,21);1H. The van der Waals surface area contributed by atoms with Gasteiger partial charge < -0.3 is 15.4 Å². The van der Waals surface area contributed by atoms with E-state index in [2.05, 4.69) is 25.6 Å². The predicted octanol–water partition coefficient (Wildman–Crippen LogP) is 1.70. The Balaban J connectivity index is 0.00000243. The molecule has 1 saturated carbocycles. The van der Waals surface area contributed by atoms with Gasteiger partial charge in [-0.1, -0.05) is 19.3 Å². The monoisotopic (exact) mass is 476 g/mol. The average Bonchev–Trinajstić information content (AvgIpc) is 3.19. The van der Waals surface area contributed by atoms with Crippen LogP contribution in [0.2, 0.25) is 0 Å². The molecule has 0 radical (unpaired) electrons. The summed E-state index contributed by atoms with van der Waals surface area (Å²) in [5.74, 6) is 0.880. The number of rotatable bonds is 6. The number of aromatic nitrogens is 2. The van der Waals surface area contributed by atoms with E-state index < -0.39 is 0 Å². The van der Waals surface area contributed by atoms with Crippen LogP contribution in [-0.2, 0) is 11.3 Å². The third-order valence-corrected chi connectivity index (χ3v) is 5.47. The number of aliphatic imine (C=N–C) groups is 1. The second-order valence-corrected chi connectivity index (χ2v) is 7.01. The van der Waals surface area contributed by atoms with Crippen LogP contribution in [0.3, 0.4) is 0 Å². The molecule has 0 spiro atoms. The second-order valence-electron chi connectivity index (χ2n) is 7.01. The van der Waals surface area contributed by atoms with Gasteiger partial charge in [-0.15, -0.1) is 24.0 Å². The molecule has 3 rings (SSSR count). The van der Waals surface area contributed by atoms with Crippen LogP contribution in [0.1, 0.15) is 32.1 Å². The van der Waals surface area contributed by atoms with Gasteiger partial charge in [0.1, 0.15) is 0 Å². The van der Waals surface area contributed by atoms with Crippen LogP contribution < -0.4 is 10.6 Å². The highest BCUT2D eigenvalue weighted by molar-refractivity contribution is 14.0. The highest BCUT2D eigenvalue weighted by atomic mass is 127. The van der Waals surface area contributed by atoms with Crippen molar-refractivity contribution in [2.24, 2.45) is 4.99 Å². The lowest BCUT2D eigenvalue weighted by molar-refractivity contribution is -0.0352. The summed E-state index contributed by atoms with van der Waals surface area (Å²) in [7, 11) is 1.84. The largest absolute Gasteiger partial charge is 0.379 e. The number of nitrogens with one attached hydrogen (secondary N) is 2. The van der Waals surface area contributed by atoms with Gasteiger partial charge in [0.05, 0.1) is 19.8 Å². The Hall–Kier alpha value is -0.870. The number of morpholine rings is 1. The summed E-state index contributed by atoms with van der Waals surface area (Å²) in [6.45, 7) is 6.42. The summed E-state index contributed by atoms with van der Waals surface area (Å²) >= 11 is 0. The van der Waals surface area contributed by atoms with Crippen LogP contribution in [0.4, 0.5) is 0 Å². The number of halogens is 1. The van der Waals surface area contributed by atoms with E-state index in [9.17, 15) is 0 Å². The molecule has 1 aromatic heterocycles. The Morgan fingerprint density at radius 3 is 2.62 bits per heavy atom. The molecule has 148 valence electrons. The highest BCUT2D eigenvalue weighted by Gasteiger charge is 2.38. The molecule has 0 aromatic carbocycles. The molecule has 8 heteroatoms. The molecule has 26 heavy (non-hydrogen) atoms. The Labute approximate surface area is 174 Å². The SMILES string of the molecule is CN=C(NCCn1cccn1)NCC1(N2CCOCC2)CCCCC1.I. The number of guanidine groups is 1. The van der Waals surface area contributed by atoms with Crippen molar-refractivity contribution in [1.29, 1.82) is 0 Å². The second kappa shape index (κ2) is 11.1. The lowest BCUT2D eigenvalue weighted by atomic mass is 9.80. The van der Waals surface area contributed by atoms with Crippen molar-refractivity contribution >= 4 is 29.9 Å². The van der Waals surface area contributed by atoms with Crippen molar-refractivity contribution in [3.05, 3.63) is 18.5 Å². The van der Waals surface area contributed by atoms with E-state index in [1.807, 2.05) is 30.2 Å². The minimum absolute atomic E-state index is 0. The number of hydrogen-bond donors (Lipinski definition) is 2. The van der Waals surface area contributed by atoms with Crippen molar-refractivity contribution in [3.63, 3.8) is 0 Å². The number of ether oxygens (including phenoxy) is 1. The first kappa shape index (κ1) is 21.4. The van der Waals surface area contributed by atoms with Gasteiger partial charge in [-0.25, -0.2) is 0 Å². The smallest absolute Gasteiger partial charge is 0.191 e. The quantitative estimate of drug-likeness (QED) is 0.372. The number of nitrogens with zero attached hydrogens (tertiary/aromatic N) is 4. The van der Waals surface area contributed by atoms with Crippen LogP contribution in [0.5, 0.6) is 0 Å². The Bertz CT molecular complexity index is 524. The molecule has 1 saturated heterocycles. The Kier molecular flexibility index (Phi) is 9.13. The Morgan fingerprint density at radius 1 is 1.19 bits per heavy atom. The summed E-state index contributed by atoms with van der Waals surface area (Å²) < 4.78 is 7.49. The van der Waals surface area contributed by atoms with Gasteiger partial charge in [0.25, 0.3) is 0 Å². The molecule has 0 atom stereocenters. The van der Waals surface area contributed by atoms with Gasteiger partial charge >= 0.3 is 0 Å². The minimum atomic E-state index is 0. The summed E-state index contributed by atoms with van der Waals surface area (Å²) in [6, 6.07) is 1.95. The molecule has 2 heterocycles. The molecule has 1 aromatic rings. The summed E-state index contributed by atoms with van der Waals surface area (Å²) in [5.41, 5.74) is 0.252. The molecule has 1 aliphatic heterocycles. The molecule has 2 fully saturated rings. The van der Waals surface area contributed by atoms with Gasteiger partial charge in [-0.05, 0) is 18.9 Å². The summed E-state index contributed by atoms with van der Waals surface area (Å²) in [5, 5.41) is 11.2. The van der Waals surface area contributed by atoms with Crippen molar-refractivity contribution in [3.8, 4) is 0 Å². The summed E-state index contributed by atoms with van der Waals surface area (Å²) in [6.07, 6.45) is 10.3. The van der Waals surface area contributed by atoms with Crippen LogP contribution in [0.25, 0.3) is 0 Å². The molecule has 7 nitrogen and oxygen atoms in total. The van der Waals surface area contributed by atoms with Crippen LogP contribution in [0, 0.1) is 0 Å². The zero-order chi connectivity index (χ0) is 17.4.